The molecule has 1 aromatic rings. The third-order valence-corrected chi connectivity index (χ3v) is 2.27. The van der Waals surface area contributed by atoms with Crippen molar-refractivity contribution in [3.8, 4) is 0 Å². The van der Waals surface area contributed by atoms with Gasteiger partial charge in [-0.2, -0.15) is 0 Å². The van der Waals surface area contributed by atoms with E-state index in [0.717, 1.165) is 0 Å². The summed E-state index contributed by atoms with van der Waals surface area (Å²) in [5.41, 5.74) is 7.51. The van der Waals surface area contributed by atoms with Gasteiger partial charge in [-0.25, -0.2) is 0 Å². The molecule has 0 atom stereocenters. The molecule has 0 aliphatic rings. The Kier molecular flexibility index (Phi) is 4.31. The second-order valence-electron chi connectivity index (χ2n) is 3.97. The van der Waals surface area contributed by atoms with Gasteiger partial charge in [0.05, 0.1) is 6.54 Å². The first-order valence-corrected chi connectivity index (χ1v) is 5.17. The fourth-order valence-electron chi connectivity index (χ4n) is 1.35. The summed E-state index contributed by atoms with van der Waals surface area (Å²) in [7, 11) is 0. The lowest BCUT2D eigenvalue weighted by molar-refractivity contribution is -0.117. The third kappa shape index (κ3) is 4.13. The van der Waals surface area contributed by atoms with E-state index in [2.05, 4.69) is 43.4 Å². The molecule has 0 unspecified atom stereocenters. The van der Waals surface area contributed by atoms with Crippen LogP contribution in [0, 0.1) is 0 Å². The highest BCUT2D eigenvalue weighted by Gasteiger charge is 1.99. The van der Waals surface area contributed by atoms with Crippen molar-refractivity contribution < 1.29 is 4.79 Å². The third-order valence-electron chi connectivity index (χ3n) is 2.27. The van der Waals surface area contributed by atoms with E-state index in [4.69, 9.17) is 5.73 Å². The standard InChI is InChI=1S/C12H18N2O/c1-9(2)11-5-3-10(4-6-11)7-14-8-12(13)15/h3-6,9,14H,7-8H2,1-2H3,(H2,13,15). The predicted octanol–water partition coefficient (Wildman–Crippen LogP) is 1.38. The average molecular weight is 206 g/mol. The zero-order chi connectivity index (χ0) is 11.3. The van der Waals surface area contributed by atoms with Crippen LogP contribution in [0.15, 0.2) is 24.3 Å². The number of carbonyl (C=O) groups excluding carboxylic acids is 1. The van der Waals surface area contributed by atoms with Crippen LogP contribution >= 0.6 is 0 Å². The first-order valence-electron chi connectivity index (χ1n) is 5.17. The summed E-state index contributed by atoms with van der Waals surface area (Å²) in [5.74, 6) is 0.228. The van der Waals surface area contributed by atoms with Crippen molar-refractivity contribution in [2.75, 3.05) is 6.54 Å². The molecule has 3 N–H and O–H groups in total. The zero-order valence-corrected chi connectivity index (χ0v) is 9.29. The van der Waals surface area contributed by atoms with Gasteiger partial charge in [0.25, 0.3) is 0 Å². The highest BCUT2D eigenvalue weighted by atomic mass is 16.1. The van der Waals surface area contributed by atoms with Crippen LogP contribution in [-0.4, -0.2) is 12.5 Å². The first kappa shape index (κ1) is 11.7. The lowest BCUT2D eigenvalue weighted by atomic mass is 10.0. The lowest BCUT2D eigenvalue weighted by Gasteiger charge is -2.07. The van der Waals surface area contributed by atoms with Crippen molar-refractivity contribution >= 4 is 5.91 Å². The molecule has 0 saturated heterocycles. The Bertz CT molecular complexity index is 317. The van der Waals surface area contributed by atoms with E-state index in [1.165, 1.54) is 11.1 Å². The van der Waals surface area contributed by atoms with E-state index in [9.17, 15) is 4.79 Å². The minimum Gasteiger partial charge on any atom is -0.369 e. The molecular weight excluding hydrogens is 188 g/mol. The molecule has 82 valence electrons. The van der Waals surface area contributed by atoms with E-state index in [-0.39, 0.29) is 12.5 Å². The topological polar surface area (TPSA) is 55.1 Å². The Balaban J connectivity index is 2.46. The maximum absolute atomic E-state index is 10.5. The molecule has 0 aromatic heterocycles. The SMILES string of the molecule is CC(C)c1ccc(CNCC(N)=O)cc1. The molecule has 3 nitrogen and oxygen atoms in total. The molecule has 0 aliphatic carbocycles. The number of nitrogens with one attached hydrogen (secondary N) is 1. The number of carbonyl (C=O) groups is 1. The number of hydrogen-bond donors (Lipinski definition) is 2. The Morgan fingerprint density at radius 2 is 1.93 bits per heavy atom. The van der Waals surface area contributed by atoms with Gasteiger partial charge in [-0.1, -0.05) is 38.1 Å². The Morgan fingerprint density at radius 1 is 1.33 bits per heavy atom. The van der Waals surface area contributed by atoms with Crippen LogP contribution in [0.25, 0.3) is 0 Å². The largest absolute Gasteiger partial charge is 0.369 e. The fourth-order valence-corrected chi connectivity index (χ4v) is 1.35. The monoisotopic (exact) mass is 206 g/mol. The Labute approximate surface area is 90.7 Å². The van der Waals surface area contributed by atoms with Gasteiger partial charge in [0.15, 0.2) is 0 Å². The summed E-state index contributed by atoms with van der Waals surface area (Å²) in [6.45, 7) is 5.24. The van der Waals surface area contributed by atoms with Crippen LogP contribution in [0.2, 0.25) is 0 Å². The molecule has 0 heterocycles. The minimum atomic E-state index is -0.325. The number of benzene rings is 1. The quantitative estimate of drug-likeness (QED) is 0.764. The van der Waals surface area contributed by atoms with Crippen LogP contribution in [0.4, 0.5) is 0 Å². The van der Waals surface area contributed by atoms with Crippen molar-refractivity contribution in [3.05, 3.63) is 35.4 Å². The Hall–Kier alpha value is -1.35. The zero-order valence-electron chi connectivity index (χ0n) is 9.29. The molecule has 0 fully saturated rings. The van der Waals surface area contributed by atoms with E-state index in [1.54, 1.807) is 0 Å². The summed E-state index contributed by atoms with van der Waals surface area (Å²) in [5, 5.41) is 2.98. The molecular formula is C12H18N2O. The Morgan fingerprint density at radius 3 is 2.40 bits per heavy atom. The molecule has 0 aliphatic heterocycles. The van der Waals surface area contributed by atoms with Crippen LogP contribution in [0.5, 0.6) is 0 Å². The van der Waals surface area contributed by atoms with Crippen molar-refractivity contribution in [2.45, 2.75) is 26.3 Å². The van der Waals surface area contributed by atoms with Gasteiger partial charge in [-0.3, -0.25) is 4.79 Å². The number of nitrogens with two attached hydrogens (primary N) is 1. The maximum Gasteiger partial charge on any atom is 0.231 e. The predicted molar refractivity (Wildman–Crippen MR) is 61.4 cm³/mol. The molecule has 1 rings (SSSR count). The van der Waals surface area contributed by atoms with E-state index in [0.29, 0.717) is 12.5 Å². The second-order valence-corrected chi connectivity index (χ2v) is 3.97. The molecule has 0 radical (unpaired) electrons. The summed E-state index contributed by atoms with van der Waals surface area (Å²) >= 11 is 0. The summed E-state index contributed by atoms with van der Waals surface area (Å²) in [6, 6.07) is 8.38. The minimum absolute atomic E-state index is 0.228. The molecule has 15 heavy (non-hydrogen) atoms. The molecule has 1 amide bonds. The van der Waals surface area contributed by atoms with Gasteiger partial charge in [-0.15, -0.1) is 0 Å². The summed E-state index contributed by atoms with van der Waals surface area (Å²) in [4.78, 5) is 10.5. The fraction of sp³-hybridized carbons (Fsp3) is 0.417. The van der Waals surface area contributed by atoms with Crippen molar-refractivity contribution in [1.29, 1.82) is 0 Å². The van der Waals surface area contributed by atoms with Crippen LogP contribution in [-0.2, 0) is 11.3 Å². The van der Waals surface area contributed by atoms with Crippen LogP contribution in [0.1, 0.15) is 30.9 Å². The smallest absolute Gasteiger partial charge is 0.231 e. The van der Waals surface area contributed by atoms with Crippen molar-refractivity contribution in [1.82, 2.24) is 5.32 Å². The summed E-state index contributed by atoms with van der Waals surface area (Å²) < 4.78 is 0. The van der Waals surface area contributed by atoms with Crippen molar-refractivity contribution in [2.24, 2.45) is 5.73 Å². The number of amides is 1. The number of primary amides is 1. The lowest BCUT2D eigenvalue weighted by Crippen LogP contribution is -2.28. The van der Waals surface area contributed by atoms with E-state index in [1.807, 2.05) is 0 Å². The normalized spacial score (nSPS) is 10.6. The van der Waals surface area contributed by atoms with E-state index < -0.39 is 0 Å². The van der Waals surface area contributed by atoms with Gasteiger partial charge in [0, 0.05) is 6.54 Å². The van der Waals surface area contributed by atoms with Gasteiger partial charge in [0.1, 0.15) is 0 Å². The van der Waals surface area contributed by atoms with Crippen LogP contribution < -0.4 is 11.1 Å². The maximum atomic E-state index is 10.5. The van der Waals surface area contributed by atoms with Gasteiger partial charge >= 0.3 is 0 Å². The number of rotatable bonds is 5. The van der Waals surface area contributed by atoms with E-state index >= 15 is 0 Å². The highest BCUT2D eigenvalue weighted by Crippen LogP contribution is 2.14. The van der Waals surface area contributed by atoms with Crippen molar-refractivity contribution in [3.63, 3.8) is 0 Å². The van der Waals surface area contributed by atoms with Gasteiger partial charge < -0.3 is 11.1 Å². The average Bonchev–Trinajstić information content (AvgIpc) is 2.18. The molecule has 3 heteroatoms. The number of hydrogen-bond acceptors (Lipinski definition) is 2. The second kappa shape index (κ2) is 5.51. The first-order chi connectivity index (χ1) is 7.09. The molecule has 1 aromatic carbocycles. The molecule has 0 spiro atoms. The highest BCUT2D eigenvalue weighted by molar-refractivity contribution is 5.75. The molecule has 0 bridgehead atoms. The summed E-state index contributed by atoms with van der Waals surface area (Å²) in [6.07, 6.45) is 0. The van der Waals surface area contributed by atoms with Gasteiger partial charge in [-0.05, 0) is 17.0 Å². The van der Waals surface area contributed by atoms with Crippen LogP contribution in [0.3, 0.4) is 0 Å². The van der Waals surface area contributed by atoms with Gasteiger partial charge in [0.2, 0.25) is 5.91 Å². The molecule has 0 saturated carbocycles.